The summed E-state index contributed by atoms with van der Waals surface area (Å²) in [6, 6.07) is 10.3. The van der Waals surface area contributed by atoms with E-state index in [1.165, 1.54) is 24.3 Å². The summed E-state index contributed by atoms with van der Waals surface area (Å²) in [5, 5.41) is 14.8. The molecule has 3 N–H and O–H groups in total. The minimum Gasteiger partial charge on any atom is -0.484 e. The third kappa shape index (κ3) is 5.15. The number of hydrogen-bond donors (Lipinski definition) is 3. The molecule has 8 nitrogen and oxygen atoms in total. The SMILES string of the molecule is CC(OCC(=O)NC12CC(NC(=O)COc3ccc(Cl)c(F)c3)(C1)C2)c1ccc(C(=O)O)cc1. The Morgan fingerprint density at radius 2 is 1.62 bits per heavy atom. The fraction of sp³-hybridized carbons (Fsp3) is 0.375. The fourth-order valence-corrected chi connectivity index (χ4v) is 4.74. The first kappa shape index (κ1) is 24.0. The maximum absolute atomic E-state index is 13.4. The fourth-order valence-electron chi connectivity index (χ4n) is 4.63. The van der Waals surface area contributed by atoms with Gasteiger partial charge in [-0.1, -0.05) is 23.7 Å². The van der Waals surface area contributed by atoms with Crippen molar-refractivity contribution >= 4 is 29.4 Å². The first-order valence-corrected chi connectivity index (χ1v) is 11.1. The zero-order valence-electron chi connectivity index (χ0n) is 18.4. The van der Waals surface area contributed by atoms with Crippen LogP contribution in [0.4, 0.5) is 4.39 Å². The molecular formula is C24H24ClFN2O6. The summed E-state index contributed by atoms with van der Waals surface area (Å²) in [6.07, 6.45) is 1.50. The lowest BCUT2D eigenvalue weighted by Crippen LogP contribution is -2.84. The van der Waals surface area contributed by atoms with Gasteiger partial charge in [-0.3, -0.25) is 9.59 Å². The molecule has 1 atom stereocenters. The molecule has 2 aromatic carbocycles. The highest BCUT2D eigenvalue weighted by atomic mass is 35.5. The summed E-state index contributed by atoms with van der Waals surface area (Å²) in [6.45, 7) is 1.41. The molecule has 34 heavy (non-hydrogen) atoms. The normalized spacial score (nSPS) is 23.1. The minimum atomic E-state index is -1.00. The van der Waals surface area contributed by atoms with Crippen molar-refractivity contribution in [2.45, 2.75) is 43.4 Å². The minimum absolute atomic E-state index is 0.0210. The van der Waals surface area contributed by atoms with Gasteiger partial charge in [-0.05, 0) is 56.0 Å². The van der Waals surface area contributed by atoms with Crippen molar-refractivity contribution in [3.63, 3.8) is 0 Å². The molecule has 2 aromatic rings. The molecule has 3 fully saturated rings. The van der Waals surface area contributed by atoms with Crippen LogP contribution < -0.4 is 15.4 Å². The number of carboxylic acid groups (broad SMARTS) is 1. The van der Waals surface area contributed by atoms with Gasteiger partial charge in [-0.2, -0.15) is 0 Å². The Morgan fingerprint density at radius 1 is 1.03 bits per heavy atom. The van der Waals surface area contributed by atoms with Gasteiger partial charge >= 0.3 is 5.97 Å². The van der Waals surface area contributed by atoms with Crippen LogP contribution in [0.15, 0.2) is 42.5 Å². The smallest absolute Gasteiger partial charge is 0.335 e. The number of rotatable bonds is 10. The Balaban J connectivity index is 1.16. The number of halogens is 2. The molecule has 2 amide bonds. The standard InChI is InChI=1S/C24H24ClFN2O6/c1-14(15-2-4-16(5-3-15)22(31)32)33-9-20(29)27-23-11-24(12-23,13-23)28-21(30)10-34-17-6-7-18(25)19(26)8-17/h2-8,14H,9-13H2,1H3,(H,27,29)(H,28,30)(H,31,32). The zero-order valence-corrected chi connectivity index (χ0v) is 19.2. The van der Waals surface area contributed by atoms with Crippen LogP contribution in [0.5, 0.6) is 5.75 Å². The van der Waals surface area contributed by atoms with Gasteiger partial charge in [0, 0.05) is 17.1 Å². The average molecular weight is 491 g/mol. The van der Waals surface area contributed by atoms with Crippen molar-refractivity contribution in [3.8, 4) is 5.75 Å². The first-order chi connectivity index (χ1) is 16.1. The lowest BCUT2D eigenvalue weighted by molar-refractivity contribution is -0.153. The Bertz CT molecular complexity index is 1100. The third-order valence-corrected chi connectivity index (χ3v) is 6.50. The lowest BCUT2D eigenvalue weighted by atomic mass is 9.44. The molecule has 2 bridgehead atoms. The Labute approximate surface area is 200 Å². The van der Waals surface area contributed by atoms with Crippen LogP contribution in [-0.4, -0.2) is 47.2 Å². The van der Waals surface area contributed by atoms with Gasteiger partial charge in [-0.25, -0.2) is 9.18 Å². The van der Waals surface area contributed by atoms with Gasteiger partial charge in [0.1, 0.15) is 18.2 Å². The van der Waals surface area contributed by atoms with Gasteiger partial charge in [0.2, 0.25) is 5.91 Å². The van der Waals surface area contributed by atoms with Crippen LogP contribution in [0.1, 0.15) is 48.2 Å². The summed E-state index contributed by atoms with van der Waals surface area (Å²) in [7, 11) is 0. The molecule has 0 aliphatic heterocycles. The molecule has 3 aliphatic rings. The molecule has 10 heteroatoms. The van der Waals surface area contributed by atoms with Crippen LogP contribution in [-0.2, 0) is 14.3 Å². The molecule has 3 saturated carbocycles. The summed E-state index contributed by atoms with van der Waals surface area (Å²) < 4.78 is 24.4. The van der Waals surface area contributed by atoms with E-state index >= 15 is 0 Å². The van der Waals surface area contributed by atoms with Crippen molar-refractivity contribution in [1.82, 2.24) is 10.6 Å². The van der Waals surface area contributed by atoms with E-state index in [-0.39, 0.29) is 58.5 Å². The first-order valence-electron chi connectivity index (χ1n) is 10.7. The van der Waals surface area contributed by atoms with Gasteiger partial charge in [0.05, 0.1) is 16.7 Å². The quantitative estimate of drug-likeness (QED) is 0.471. The number of ether oxygens (including phenoxy) is 2. The second-order valence-electron chi connectivity index (χ2n) is 8.93. The van der Waals surface area contributed by atoms with E-state index in [4.69, 9.17) is 26.2 Å². The Morgan fingerprint density at radius 3 is 2.18 bits per heavy atom. The van der Waals surface area contributed by atoms with Gasteiger partial charge in [0.25, 0.3) is 5.91 Å². The van der Waals surface area contributed by atoms with Crippen molar-refractivity contribution < 1.29 is 33.4 Å². The van der Waals surface area contributed by atoms with Gasteiger partial charge in [0.15, 0.2) is 6.61 Å². The van der Waals surface area contributed by atoms with E-state index in [1.54, 1.807) is 19.1 Å². The van der Waals surface area contributed by atoms with E-state index < -0.39 is 11.8 Å². The van der Waals surface area contributed by atoms with Crippen LogP contribution >= 0.6 is 11.6 Å². The van der Waals surface area contributed by atoms with Crippen molar-refractivity contribution in [2.24, 2.45) is 0 Å². The Kier molecular flexibility index (Phi) is 6.51. The van der Waals surface area contributed by atoms with Crippen LogP contribution in [0, 0.1) is 5.82 Å². The number of hydrogen-bond acceptors (Lipinski definition) is 5. The van der Waals surface area contributed by atoms with Crippen molar-refractivity contribution in [3.05, 3.63) is 64.4 Å². The molecule has 0 aromatic heterocycles. The highest BCUT2D eigenvalue weighted by Gasteiger charge is 2.69. The molecule has 180 valence electrons. The third-order valence-electron chi connectivity index (χ3n) is 6.19. The monoisotopic (exact) mass is 490 g/mol. The highest BCUT2D eigenvalue weighted by molar-refractivity contribution is 6.30. The highest BCUT2D eigenvalue weighted by Crippen LogP contribution is 2.60. The molecule has 5 rings (SSSR count). The predicted octanol–water partition coefficient (Wildman–Crippen LogP) is 3.24. The van der Waals surface area contributed by atoms with E-state index in [0.717, 1.165) is 11.6 Å². The number of amides is 2. The van der Waals surface area contributed by atoms with E-state index in [9.17, 15) is 18.8 Å². The second kappa shape index (κ2) is 9.23. The number of carbonyl (C=O) groups is 3. The number of carboxylic acids is 1. The molecule has 3 aliphatic carbocycles. The lowest BCUT2D eigenvalue weighted by Gasteiger charge is -2.70. The molecular weight excluding hydrogens is 467 g/mol. The van der Waals surface area contributed by atoms with Crippen LogP contribution in [0.3, 0.4) is 0 Å². The number of nitrogens with one attached hydrogen (secondary N) is 2. The number of aromatic carboxylic acids is 1. The molecule has 0 saturated heterocycles. The van der Waals surface area contributed by atoms with Crippen molar-refractivity contribution in [2.75, 3.05) is 13.2 Å². The average Bonchev–Trinajstić information content (AvgIpc) is 2.76. The van der Waals surface area contributed by atoms with E-state index in [0.29, 0.717) is 19.3 Å². The summed E-state index contributed by atoms with van der Waals surface area (Å²) in [5.74, 6) is -1.98. The molecule has 0 spiro atoms. The largest absolute Gasteiger partial charge is 0.484 e. The Hall–Kier alpha value is -3.17. The maximum atomic E-state index is 13.4. The van der Waals surface area contributed by atoms with Crippen molar-refractivity contribution in [1.29, 1.82) is 0 Å². The van der Waals surface area contributed by atoms with Gasteiger partial charge in [-0.15, -0.1) is 0 Å². The summed E-state index contributed by atoms with van der Waals surface area (Å²) >= 11 is 5.62. The van der Waals surface area contributed by atoms with Crippen LogP contribution in [0.25, 0.3) is 0 Å². The molecule has 0 radical (unpaired) electrons. The van der Waals surface area contributed by atoms with Crippen LogP contribution in [0.2, 0.25) is 5.02 Å². The van der Waals surface area contributed by atoms with Gasteiger partial charge < -0.3 is 25.2 Å². The summed E-state index contributed by atoms with van der Waals surface area (Å²) in [4.78, 5) is 35.5. The number of benzene rings is 2. The maximum Gasteiger partial charge on any atom is 0.335 e. The molecule has 1 unspecified atom stereocenters. The topological polar surface area (TPSA) is 114 Å². The van der Waals surface area contributed by atoms with E-state index in [1.807, 2.05) is 0 Å². The zero-order chi connectivity index (χ0) is 24.5. The summed E-state index contributed by atoms with van der Waals surface area (Å²) in [5.41, 5.74) is 0.275. The number of carbonyl (C=O) groups excluding carboxylic acids is 2. The van der Waals surface area contributed by atoms with E-state index in [2.05, 4.69) is 10.6 Å². The molecule has 0 heterocycles. The second-order valence-corrected chi connectivity index (χ2v) is 9.34. The predicted molar refractivity (Wildman–Crippen MR) is 120 cm³/mol.